The number of rotatable bonds is 3. The van der Waals surface area contributed by atoms with Crippen molar-refractivity contribution in [2.75, 3.05) is 0 Å². The predicted octanol–water partition coefficient (Wildman–Crippen LogP) is 3.56. The lowest BCUT2D eigenvalue weighted by atomic mass is 9.55. The molecule has 0 heterocycles. The van der Waals surface area contributed by atoms with Gasteiger partial charge in [0, 0.05) is 0 Å². The highest BCUT2D eigenvalue weighted by Gasteiger charge is 1.91. The normalized spacial score (nSPS) is 10.7. The van der Waals surface area contributed by atoms with Crippen LogP contribution in [0.1, 0.15) is 18.1 Å². The van der Waals surface area contributed by atoms with Gasteiger partial charge in [0.2, 0.25) is 0 Å². The van der Waals surface area contributed by atoms with Crippen LogP contribution in [-0.2, 0) is 6.42 Å². The van der Waals surface area contributed by atoms with Gasteiger partial charge in [-0.15, -0.1) is 5.98 Å². The second kappa shape index (κ2) is 4.91. The first-order valence-electron chi connectivity index (χ1n) is 4.99. The van der Waals surface area contributed by atoms with Gasteiger partial charge < -0.3 is 0 Å². The maximum absolute atomic E-state index is 2.22. The summed E-state index contributed by atoms with van der Waals surface area (Å²) in [4.78, 5) is 0. The Balaban J connectivity index is 2.69. The molecule has 0 unspecified atom stereocenters. The van der Waals surface area contributed by atoms with Gasteiger partial charge in [0.25, 0.3) is 0 Å². The van der Waals surface area contributed by atoms with E-state index in [2.05, 4.69) is 56.9 Å². The molecule has 0 saturated carbocycles. The highest BCUT2D eigenvalue weighted by atomic mass is 13.9. The molecule has 1 aromatic rings. The van der Waals surface area contributed by atoms with Crippen LogP contribution in [0, 0.1) is 0 Å². The predicted molar refractivity (Wildman–Crippen MR) is 62.3 cm³/mol. The van der Waals surface area contributed by atoms with Gasteiger partial charge in [0.05, 0.1) is 0 Å². The molecule has 0 aromatic heterocycles. The standard InChI is InChI=1S/C12H17B/c1-4-11-5-7-12(8-6-11)9-10-13(2)3/h5-10H,4H2,1-3H3/b10-9+. The van der Waals surface area contributed by atoms with Crippen molar-refractivity contribution in [3.8, 4) is 0 Å². The zero-order chi connectivity index (χ0) is 9.68. The fourth-order valence-corrected chi connectivity index (χ4v) is 1.17. The molecule has 1 rings (SSSR count). The van der Waals surface area contributed by atoms with E-state index in [9.17, 15) is 0 Å². The van der Waals surface area contributed by atoms with Crippen LogP contribution in [0.5, 0.6) is 0 Å². The number of hydrogen-bond acceptors (Lipinski definition) is 0. The van der Waals surface area contributed by atoms with Crippen LogP contribution in [0.25, 0.3) is 6.08 Å². The highest BCUT2D eigenvalue weighted by Crippen LogP contribution is 2.06. The smallest absolute Gasteiger partial charge is 0.115 e. The Morgan fingerprint density at radius 2 is 1.77 bits per heavy atom. The molecule has 0 aliphatic carbocycles. The monoisotopic (exact) mass is 172 g/mol. The quantitative estimate of drug-likeness (QED) is 0.611. The molecule has 0 spiro atoms. The molecule has 0 radical (unpaired) electrons. The average Bonchev–Trinajstić information content (AvgIpc) is 2.15. The first kappa shape index (κ1) is 10.1. The summed E-state index contributed by atoms with van der Waals surface area (Å²) in [6, 6.07) is 8.75. The summed E-state index contributed by atoms with van der Waals surface area (Å²) in [6.45, 7) is 7.19. The van der Waals surface area contributed by atoms with Crippen LogP contribution >= 0.6 is 0 Å². The SMILES string of the molecule is CCc1ccc(/C=C/B(C)C)cc1. The van der Waals surface area contributed by atoms with E-state index in [0.717, 1.165) is 6.42 Å². The van der Waals surface area contributed by atoms with Crippen molar-refractivity contribution in [3.05, 3.63) is 41.4 Å². The van der Waals surface area contributed by atoms with Crippen LogP contribution in [0.3, 0.4) is 0 Å². The third-order valence-electron chi connectivity index (χ3n) is 2.06. The van der Waals surface area contributed by atoms with Gasteiger partial charge in [0.1, 0.15) is 0 Å². The molecule has 0 fully saturated rings. The molecule has 13 heavy (non-hydrogen) atoms. The van der Waals surface area contributed by atoms with Crippen molar-refractivity contribution in [1.29, 1.82) is 0 Å². The molecule has 1 heteroatoms. The summed E-state index contributed by atoms with van der Waals surface area (Å²) in [5.41, 5.74) is 2.70. The van der Waals surface area contributed by atoms with E-state index >= 15 is 0 Å². The Bertz CT molecular complexity index is 270. The summed E-state index contributed by atoms with van der Waals surface area (Å²) >= 11 is 0. The van der Waals surface area contributed by atoms with Gasteiger partial charge >= 0.3 is 0 Å². The molecular weight excluding hydrogens is 155 g/mol. The minimum absolute atomic E-state index is 0.630. The Morgan fingerprint density at radius 1 is 1.15 bits per heavy atom. The minimum atomic E-state index is 0.630. The second-order valence-electron chi connectivity index (χ2n) is 3.70. The van der Waals surface area contributed by atoms with Crippen molar-refractivity contribution >= 4 is 12.8 Å². The zero-order valence-electron chi connectivity index (χ0n) is 8.75. The third-order valence-corrected chi connectivity index (χ3v) is 2.06. The van der Waals surface area contributed by atoms with Crippen molar-refractivity contribution in [2.45, 2.75) is 27.0 Å². The van der Waals surface area contributed by atoms with E-state index in [1.54, 1.807) is 0 Å². The first-order chi connectivity index (χ1) is 6.22. The van der Waals surface area contributed by atoms with Crippen molar-refractivity contribution in [1.82, 2.24) is 0 Å². The summed E-state index contributed by atoms with van der Waals surface area (Å²) in [5.74, 6) is 2.22. The zero-order valence-corrected chi connectivity index (χ0v) is 8.75. The van der Waals surface area contributed by atoms with Gasteiger partial charge in [-0.2, -0.15) is 0 Å². The van der Waals surface area contributed by atoms with Crippen LogP contribution in [0.4, 0.5) is 0 Å². The molecule has 0 aliphatic rings. The molecule has 0 bridgehead atoms. The molecular formula is C12H17B. The maximum Gasteiger partial charge on any atom is 0.160 e. The van der Waals surface area contributed by atoms with Crippen LogP contribution in [0.2, 0.25) is 13.6 Å². The topological polar surface area (TPSA) is 0 Å². The van der Waals surface area contributed by atoms with Gasteiger partial charge in [-0.3, -0.25) is 0 Å². The van der Waals surface area contributed by atoms with E-state index in [1.807, 2.05) is 0 Å². The highest BCUT2D eigenvalue weighted by molar-refractivity contribution is 6.62. The average molecular weight is 172 g/mol. The maximum atomic E-state index is 2.22. The van der Waals surface area contributed by atoms with E-state index in [4.69, 9.17) is 0 Å². The fourth-order valence-electron chi connectivity index (χ4n) is 1.17. The lowest BCUT2D eigenvalue weighted by Crippen LogP contribution is -1.91. The molecule has 0 N–H and O–H groups in total. The first-order valence-corrected chi connectivity index (χ1v) is 4.99. The number of benzene rings is 1. The minimum Gasteiger partial charge on any atom is -0.115 e. The Kier molecular flexibility index (Phi) is 3.82. The van der Waals surface area contributed by atoms with Crippen LogP contribution in [0.15, 0.2) is 30.2 Å². The van der Waals surface area contributed by atoms with Gasteiger partial charge in [0.15, 0.2) is 6.71 Å². The fraction of sp³-hybridized carbons (Fsp3) is 0.333. The number of aryl methyl sites for hydroxylation is 1. The lowest BCUT2D eigenvalue weighted by molar-refractivity contribution is 1.14. The summed E-state index contributed by atoms with van der Waals surface area (Å²) in [5, 5.41) is 0. The largest absolute Gasteiger partial charge is 0.160 e. The molecule has 0 amide bonds. The molecule has 0 atom stereocenters. The molecule has 1 aromatic carbocycles. The summed E-state index contributed by atoms with van der Waals surface area (Å²) in [6.07, 6.45) is 3.30. The second-order valence-corrected chi connectivity index (χ2v) is 3.70. The van der Waals surface area contributed by atoms with Crippen molar-refractivity contribution in [3.63, 3.8) is 0 Å². The van der Waals surface area contributed by atoms with E-state index in [-0.39, 0.29) is 0 Å². The Morgan fingerprint density at radius 3 is 2.23 bits per heavy atom. The van der Waals surface area contributed by atoms with Gasteiger partial charge in [-0.1, -0.05) is 50.9 Å². The summed E-state index contributed by atoms with van der Waals surface area (Å²) < 4.78 is 0. The van der Waals surface area contributed by atoms with E-state index < -0.39 is 0 Å². The Hall–Kier alpha value is -0.975. The van der Waals surface area contributed by atoms with Crippen molar-refractivity contribution in [2.24, 2.45) is 0 Å². The Labute approximate surface area is 81.8 Å². The van der Waals surface area contributed by atoms with E-state index in [0.29, 0.717) is 6.71 Å². The molecule has 0 saturated heterocycles. The number of hydrogen-bond donors (Lipinski definition) is 0. The van der Waals surface area contributed by atoms with Crippen LogP contribution < -0.4 is 0 Å². The van der Waals surface area contributed by atoms with Gasteiger partial charge in [-0.25, -0.2) is 0 Å². The van der Waals surface area contributed by atoms with Gasteiger partial charge in [-0.05, 0) is 17.5 Å². The van der Waals surface area contributed by atoms with Crippen molar-refractivity contribution < 1.29 is 0 Å². The molecule has 68 valence electrons. The molecule has 0 nitrogen and oxygen atoms in total. The summed E-state index contributed by atoms with van der Waals surface area (Å²) in [7, 11) is 0. The third kappa shape index (κ3) is 3.50. The van der Waals surface area contributed by atoms with Crippen LogP contribution in [-0.4, -0.2) is 6.71 Å². The van der Waals surface area contributed by atoms with E-state index in [1.165, 1.54) is 11.1 Å². The lowest BCUT2D eigenvalue weighted by Gasteiger charge is -1.97. The molecule has 0 aliphatic heterocycles.